The number of fused-ring (bicyclic) bond motifs is 1. The highest BCUT2D eigenvalue weighted by Crippen LogP contribution is 2.46. The highest BCUT2D eigenvalue weighted by atomic mass is 35.5. The lowest BCUT2D eigenvalue weighted by molar-refractivity contribution is 0.136. The molecule has 1 atom stereocenters. The predicted octanol–water partition coefficient (Wildman–Crippen LogP) is 4.90. The van der Waals surface area contributed by atoms with Crippen LogP contribution in [0.2, 0.25) is 0 Å². The quantitative estimate of drug-likeness (QED) is 0.737. The van der Waals surface area contributed by atoms with Gasteiger partial charge >= 0.3 is 0 Å². The molecule has 0 aliphatic heterocycles. The molecule has 1 aliphatic rings. The van der Waals surface area contributed by atoms with Crippen molar-refractivity contribution < 1.29 is 8.78 Å². The summed E-state index contributed by atoms with van der Waals surface area (Å²) in [6.45, 7) is 3.89. The monoisotopic (exact) mass is 298 g/mol. The van der Waals surface area contributed by atoms with E-state index in [-0.39, 0.29) is 16.4 Å². The van der Waals surface area contributed by atoms with Crippen LogP contribution in [0.1, 0.15) is 50.7 Å². The average Bonchev–Trinajstić information content (AvgIpc) is 2.74. The molecule has 0 N–H and O–H groups in total. The van der Waals surface area contributed by atoms with E-state index in [0.29, 0.717) is 11.3 Å². The Morgan fingerprint density at radius 3 is 2.60 bits per heavy atom. The van der Waals surface area contributed by atoms with Crippen molar-refractivity contribution in [3.05, 3.63) is 29.6 Å². The normalized spacial score (nSPS) is 19.1. The van der Waals surface area contributed by atoms with Crippen molar-refractivity contribution in [2.45, 2.75) is 50.4 Å². The molecule has 1 unspecified atom stereocenters. The van der Waals surface area contributed by atoms with Crippen LogP contribution in [0.15, 0.2) is 12.1 Å². The number of benzene rings is 1. The second-order valence-corrected chi connectivity index (χ2v) is 6.24. The number of aromatic nitrogens is 2. The van der Waals surface area contributed by atoms with Crippen molar-refractivity contribution in [1.29, 1.82) is 0 Å². The van der Waals surface area contributed by atoms with Gasteiger partial charge in [0, 0.05) is 5.54 Å². The van der Waals surface area contributed by atoms with Gasteiger partial charge in [0.1, 0.15) is 11.3 Å². The van der Waals surface area contributed by atoms with E-state index in [0.717, 1.165) is 31.7 Å². The molecule has 20 heavy (non-hydrogen) atoms. The summed E-state index contributed by atoms with van der Waals surface area (Å²) in [6.07, 6.45) is 3.88. The molecule has 1 saturated carbocycles. The Bertz CT molecular complexity index is 654. The Kier molecular flexibility index (Phi) is 3.24. The lowest BCUT2D eigenvalue weighted by Gasteiger charge is -2.44. The average molecular weight is 299 g/mol. The van der Waals surface area contributed by atoms with Gasteiger partial charge in [0.15, 0.2) is 11.6 Å². The van der Waals surface area contributed by atoms with Crippen LogP contribution in [0.5, 0.6) is 0 Å². The summed E-state index contributed by atoms with van der Waals surface area (Å²) < 4.78 is 29.8. The molecular weight excluding hydrogens is 282 g/mol. The molecule has 108 valence electrons. The van der Waals surface area contributed by atoms with Gasteiger partial charge in [-0.25, -0.2) is 13.8 Å². The molecule has 3 rings (SSSR count). The maximum absolute atomic E-state index is 14.3. The summed E-state index contributed by atoms with van der Waals surface area (Å²) in [6, 6.07) is 2.64. The van der Waals surface area contributed by atoms with Gasteiger partial charge in [-0.3, -0.25) is 0 Å². The van der Waals surface area contributed by atoms with E-state index in [1.54, 1.807) is 0 Å². The minimum absolute atomic E-state index is 0.165. The van der Waals surface area contributed by atoms with Gasteiger partial charge in [-0.05, 0) is 44.7 Å². The van der Waals surface area contributed by atoms with Crippen LogP contribution in [0, 0.1) is 11.6 Å². The molecule has 1 aromatic carbocycles. The Morgan fingerprint density at radius 1 is 1.40 bits per heavy atom. The fourth-order valence-electron chi connectivity index (χ4n) is 3.19. The van der Waals surface area contributed by atoms with Crippen LogP contribution in [0.3, 0.4) is 0 Å². The first-order valence-electron chi connectivity index (χ1n) is 7.01. The summed E-state index contributed by atoms with van der Waals surface area (Å²) in [5, 5.41) is -0.339. The molecule has 2 aromatic rings. The van der Waals surface area contributed by atoms with E-state index in [4.69, 9.17) is 11.6 Å². The smallest absolute Gasteiger partial charge is 0.184 e. The molecule has 1 heterocycles. The Morgan fingerprint density at radius 2 is 2.10 bits per heavy atom. The van der Waals surface area contributed by atoms with Gasteiger partial charge in [0.05, 0.1) is 10.9 Å². The maximum Gasteiger partial charge on any atom is 0.184 e. The SMILES string of the molecule is CCC1(n2c(C(C)Cl)nc3ccc(F)c(F)c32)CCC1. The van der Waals surface area contributed by atoms with Crippen LogP contribution in [-0.4, -0.2) is 9.55 Å². The highest BCUT2D eigenvalue weighted by molar-refractivity contribution is 6.20. The van der Waals surface area contributed by atoms with Gasteiger partial charge in [0.2, 0.25) is 0 Å². The van der Waals surface area contributed by atoms with E-state index in [9.17, 15) is 8.78 Å². The van der Waals surface area contributed by atoms with E-state index in [1.807, 2.05) is 11.5 Å². The molecule has 1 aliphatic carbocycles. The van der Waals surface area contributed by atoms with Gasteiger partial charge < -0.3 is 4.57 Å². The molecule has 0 saturated heterocycles. The number of imidazole rings is 1. The van der Waals surface area contributed by atoms with Crippen LogP contribution in [0.4, 0.5) is 8.78 Å². The van der Waals surface area contributed by atoms with Crippen molar-refractivity contribution in [1.82, 2.24) is 9.55 Å². The zero-order valence-corrected chi connectivity index (χ0v) is 12.3. The number of hydrogen-bond acceptors (Lipinski definition) is 1. The molecule has 1 fully saturated rings. The fourth-order valence-corrected chi connectivity index (χ4v) is 3.33. The Balaban J connectivity index is 2.37. The lowest BCUT2D eigenvalue weighted by Crippen LogP contribution is -2.41. The first-order chi connectivity index (χ1) is 9.50. The Hall–Kier alpha value is -1.16. The van der Waals surface area contributed by atoms with Gasteiger partial charge in [0.25, 0.3) is 0 Å². The molecule has 0 bridgehead atoms. The molecular formula is C15H17ClF2N2. The summed E-state index contributed by atoms with van der Waals surface area (Å²) in [7, 11) is 0. The summed E-state index contributed by atoms with van der Waals surface area (Å²) in [5.41, 5.74) is 0.571. The van der Waals surface area contributed by atoms with E-state index < -0.39 is 11.6 Å². The fraction of sp³-hybridized carbons (Fsp3) is 0.533. The highest BCUT2D eigenvalue weighted by Gasteiger charge is 2.41. The number of halogens is 3. The van der Waals surface area contributed by atoms with Gasteiger partial charge in [-0.15, -0.1) is 11.6 Å². The second kappa shape index (κ2) is 4.69. The van der Waals surface area contributed by atoms with Crippen molar-refractivity contribution in [3.63, 3.8) is 0 Å². The van der Waals surface area contributed by atoms with Crippen molar-refractivity contribution in [2.75, 3.05) is 0 Å². The molecule has 0 radical (unpaired) electrons. The van der Waals surface area contributed by atoms with Crippen molar-refractivity contribution >= 4 is 22.6 Å². The summed E-state index contributed by atoms with van der Waals surface area (Å²) in [5.74, 6) is -1.02. The second-order valence-electron chi connectivity index (χ2n) is 5.58. The number of nitrogens with zero attached hydrogens (tertiary/aromatic N) is 2. The Labute approximate surface area is 121 Å². The summed E-state index contributed by atoms with van der Waals surface area (Å²) >= 11 is 6.22. The third kappa shape index (κ3) is 1.77. The molecule has 2 nitrogen and oxygen atoms in total. The molecule has 1 aromatic heterocycles. The largest absolute Gasteiger partial charge is 0.318 e. The van der Waals surface area contributed by atoms with E-state index >= 15 is 0 Å². The summed E-state index contributed by atoms with van der Waals surface area (Å²) in [4.78, 5) is 4.43. The standard InChI is InChI=1S/C15H17ClF2N2/c1-3-15(7-4-8-15)20-13-11(19-14(20)9(2)16)6-5-10(17)12(13)18/h5-6,9H,3-4,7-8H2,1-2H3. The van der Waals surface area contributed by atoms with Crippen LogP contribution in [-0.2, 0) is 5.54 Å². The van der Waals surface area contributed by atoms with Gasteiger partial charge in [-0.2, -0.15) is 0 Å². The van der Waals surface area contributed by atoms with Crippen molar-refractivity contribution in [3.8, 4) is 0 Å². The lowest BCUT2D eigenvalue weighted by atomic mass is 9.74. The predicted molar refractivity (Wildman–Crippen MR) is 76.0 cm³/mol. The number of hydrogen-bond donors (Lipinski definition) is 0. The van der Waals surface area contributed by atoms with E-state index in [2.05, 4.69) is 11.9 Å². The molecule has 5 heteroatoms. The minimum atomic E-state index is -0.835. The third-order valence-electron chi connectivity index (χ3n) is 4.51. The van der Waals surface area contributed by atoms with Crippen LogP contribution < -0.4 is 0 Å². The minimum Gasteiger partial charge on any atom is -0.318 e. The van der Waals surface area contributed by atoms with E-state index in [1.165, 1.54) is 6.07 Å². The first-order valence-corrected chi connectivity index (χ1v) is 7.45. The third-order valence-corrected chi connectivity index (χ3v) is 4.70. The van der Waals surface area contributed by atoms with Gasteiger partial charge in [-0.1, -0.05) is 6.92 Å². The first kappa shape index (κ1) is 13.8. The van der Waals surface area contributed by atoms with Crippen LogP contribution in [0.25, 0.3) is 11.0 Å². The number of rotatable bonds is 3. The molecule has 0 amide bonds. The zero-order chi connectivity index (χ0) is 14.5. The van der Waals surface area contributed by atoms with Crippen molar-refractivity contribution in [2.24, 2.45) is 0 Å². The topological polar surface area (TPSA) is 17.8 Å². The number of alkyl halides is 1. The van der Waals surface area contributed by atoms with Crippen LogP contribution >= 0.6 is 11.6 Å². The molecule has 0 spiro atoms. The maximum atomic E-state index is 14.3. The zero-order valence-electron chi connectivity index (χ0n) is 11.6.